The number of hydrogen-bond acceptors (Lipinski definition) is 4. The van der Waals surface area contributed by atoms with Crippen molar-refractivity contribution in [3.8, 4) is 17.2 Å². The standard InChI is InChI=1S/C19H20O4/c1-12-4-5-13(2)19(14(12)3)23-18(20)9-7-15-6-8-16-17(10-15)22-11-21-16/h4-6,8,10H,7,9,11H2,1-3H3. The highest BCUT2D eigenvalue weighted by Gasteiger charge is 2.15. The lowest BCUT2D eigenvalue weighted by Crippen LogP contribution is -2.11. The number of benzene rings is 2. The van der Waals surface area contributed by atoms with E-state index in [1.165, 1.54) is 0 Å². The largest absolute Gasteiger partial charge is 0.454 e. The summed E-state index contributed by atoms with van der Waals surface area (Å²) >= 11 is 0. The summed E-state index contributed by atoms with van der Waals surface area (Å²) in [4.78, 5) is 12.2. The van der Waals surface area contributed by atoms with Crippen molar-refractivity contribution in [2.45, 2.75) is 33.6 Å². The molecule has 0 fully saturated rings. The highest BCUT2D eigenvalue weighted by molar-refractivity contribution is 5.73. The van der Waals surface area contributed by atoms with Crippen LogP contribution in [0.25, 0.3) is 0 Å². The minimum atomic E-state index is -0.223. The average Bonchev–Trinajstić information content (AvgIpc) is 3.01. The van der Waals surface area contributed by atoms with E-state index in [-0.39, 0.29) is 12.8 Å². The zero-order chi connectivity index (χ0) is 16.4. The van der Waals surface area contributed by atoms with Crippen molar-refractivity contribution in [2.24, 2.45) is 0 Å². The van der Waals surface area contributed by atoms with Gasteiger partial charge in [0, 0.05) is 6.42 Å². The Balaban J connectivity index is 1.63. The maximum Gasteiger partial charge on any atom is 0.311 e. The van der Waals surface area contributed by atoms with E-state index in [1.807, 2.05) is 51.1 Å². The second-order valence-corrected chi connectivity index (χ2v) is 5.82. The van der Waals surface area contributed by atoms with Gasteiger partial charge in [0.2, 0.25) is 6.79 Å². The first-order valence-corrected chi connectivity index (χ1v) is 7.70. The van der Waals surface area contributed by atoms with Crippen LogP contribution in [0.5, 0.6) is 17.2 Å². The molecule has 0 radical (unpaired) electrons. The first-order chi connectivity index (χ1) is 11.0. The third-order valence-corrected chi connectivity index (χ3v) is 4.14. The summed E-state index contributed by atoms with van der Waals surface area (Å²) < 4.78 is 16.2. The van der Waals surface area contributed by atoms with Gasteiger partial charge in [-0.15, -0.1) is 0 Å². The molecular weight excluding hydrogens is 292 g/mol. The summed E-state index contributed by atoms with van der Waals surface area (Å²) in [5.41, 5.74) is 4.14. The minimum absolute atomic E-state index is 0.223. The Bertz CT molecular complexity index is 749. The third kappa shape index (κ3) is 3.31. The molecule has 23 heavy (non-hydrogen) atoms. The van der Waals surface area contributed by atoms with Gasteiger partial charge in [-0.2, -0.15) is 0 Å². The number of carbonyl (C=O) groups excluding carboxylic acids is 1. The molecule has 1 aliphatic rings. The van der Waals surface area contributed by atoms with Crippen molar-refractivity contribution in [1.29, 1.82) is 0 Å². The van der Waals surface area contributed by atoms with Crippen molar-refractivity contribution in [1.82, 2.24) is 0 Å². The zero-order valence-electron chi connectivity index (χ0n) is 13.6. The number of esters is 1. The summed E-state index contributed by atoms with van der Waals surface area (Å²) in [6, 6.07) is 9.75. The van der Waals surface area contributed by atoms with Crippen molar-refractivity contribution in [3.63, 3.8) is 0 Å². The SMILES string of the molecule is Cc1ccc(C)c(OC(=O)CCc2ccc3c(c2)OCO3)c1C. The summed E-state index contributed by atoms with van der Waals surface area (Å²) in [7, 11) is 0. The minimum Gasteiger partial charge on any atom is -0.454 e. The molecule has 2 aromatic carbocycles. The van der Waals surface area contributed by atoms with Gasteiger partial charge in [-0.05, 0) is 61.6 Å². The predicted molar refractivity (Wildman–Crippen MR) is 87.2 cm³/mol. The van der Waals surface area contributed by atoms with E-state index in [0.29, 0.717) is 18.6 Å². The Morgan fingerprint density at radius 1 is 1.04 bits per heavy atom. The average molecular weight is 312 g/mol. The maximum absolute atomic E-state index is 12.2. The highest BCUT2D eigenvalue weighted by Crippen LogP contribution is 2.33. The van der Waals surface area contributed by atoms with Crippen LogP contribution in [0.1, 0.15) is 28.7 Å². The Labute approximate surface area is 136 Å². The molecule has 2 aromatic rings. The summed E-state index contributed by atoms with van der Waals surface area (Å²) in [6.45, 7) is 6.20. The fraction of sp³-hybridized carbons (Fsp3) is 0.316. The molecule has 0 aliphatic carbocycles. The van der Waals surface area contributed by atoms with Crippen molar-refractivity contribution in [3.05, 3.63) is 52.6 Å². The number of carbonyl (C=O) groups is 1. The lowest BCUT2D eigenvalue weighted by atomic mass is 10.1. The van der Waals surface area contributed by atoms with E-state index in [0.717, 1.165) is 33.8 Å². The lowest BCUT2D eigenvalue weighted by Gasteiger charge is -2.12. The van der Waals surface area contributed by atoms with E-state index in [9.17, 15) is 4.79 Å². The molecule has 0 unspecified atom stereocenters. The van der Waals surface area contributed by atoms with E-state index >= 15 is 0 Å². The molecule has 3 rings (SSSR count). The number of fused-ring (bicyclic) bond motifs is 1. The van der Waals surface area contributed by atoms with E-state index in [4.69, 9.17) is 14.2 Å². The van der Waals surface area contributed by atoms with Crippen LogP contribution < -0.4 is 14.2 Å². The van der Waals surface area contributed by atoms with Gasteiger partial charge in [0.25, 0.3) is 0 Å². The van der Waals surface area contributed by atoms with Crippen LogP contribution in [-0.2, 0) is 11.2 Å². The molecule has 0 aromatic heterocycles. The maximum atomic E-state index is 12.2. The molecule has 0 atom stereocenters. The van der Waals surface area contributed by atoms with Gasteiger partial charge in [-0.1, -0.05) is 18.2 Å². The first kappa shape index (κ1) is 15.4. The Kier molecular flexibility index (Phi) is 4.24. The second kappa shape index (κ2) is 6.32. The fourth-order valence-corrected chi connectivity index (χ4v) is 2.59. The highest BCUT2D eigenvalue weighted by atomic mass is 16.7. The number of aryl methyl sites for hydroxylation is 3. The van der Waals surface area contributed by atoms with Gasteiger partial charge < -0.3 is 14.2 Å². The second-order valence-electron chi connectivity index (χ2n) is 5.82. The van der Waals surface area contributed by atoms with E-state index in [1.54, 1.807) is 0 Å². The lowest BCUT2D eigenvalue weighted by molar-refractivity contribution is -0.134. The van der Waals surface area contributed by atoms with Crippen LogP contribution in [-0.4, -0.2) is 12.8 Å². The molecule has 1 heterocycles. The van der Waals surface area contributed by atoms with Crippen LogP contribution in [0.15, 0.2) is 30.3 Å². The first-order valence-electron chi connectivity index (χ1n) is 7.70. The van der Waals surface area contributed by atoms with Gasteiger partial charge in [0.1, 0.15) is 5.75 Å². The summed E-state index contributed by atoms with van der Waals surface area (Å²) in [5.74, 6) is 1.95. The van der Waals surface area contributed by atoms with Gasteiger partial charge in [-0.3, -0.25) is 4.79 Å². The topological polar surface area (TPSA) is 44.8 Å². The molecule has 4 heteroatoms. The number of hydrogen-bond donors (Lipinski definition) is 0. The summed E-state index contributed by atoms with van der Waals surface area (Å²) in [6.07, 6.45) is 0.936. The van der Waals surface area contributed by atoms with Crippen LogP contribution >= 0.6 is 0 Å². The zero-order valence-corrected chi connectivity index (χ0v) is 13.6. The molecule has 0 N–H and O–H groups in total. The molecule has 0 saturated heterocycles. The van der Waals surface area contributed by atoms with Gasteiger partial charge in [0.15, 0.2) is 11.5 Å². The van der Waals surface area contributed by atoms with Gasteiger partial charge in [0.05, 0.1) is 0 Å². The quantitative estimate of drug-likeness (QED) is 0.635. The molecule has 0 spiro atoms. The number of rotatable bonds is 4. The summed E-state index contributed by atoms with van der Waals surface area (Å²) in [5, 5.41) is 0. The van der Waals surface area contributed by atoms with Crippen molar-refractivity contribution >= 4 is 5.97 Å². The molecular formula is C19H20O4. The third-order valence-electron chi connectivity index (χ3n) is 4.14. The van der Waals surface area contributed by atoms with Gasteiger partial charge >= 0.3 is 5.97 Å². The Morgan fingerprint density at radius 3 is 2.61 bits per heavy atom. The van der Waals surface area contributed by atoms with Crippen molar-refractivity contribution < 1.29 is 19.0 Å². The Hall–Kier alpha value is -2.49. The Morgan fingerprint density at radius 2 is 1.78 bits per heavy atom. The molecule has 0 saturated carbocycles. The fourth-order valence-electron chi connectivity index (χ4n) is 2.59. The van der Waals surface area contributed by atoms with Gasteiger partial charge in [-0.25, -0.2) is 0 Å². The monoisotopic (exact) mass is 312 g/mol. The van der Waals surface area contributed by atoms with E-state index < -0.39 is 0 Å². The molecule has 1 aliphatic heterocycles. The normalized spacial score (nSPS) is 12.3. The van der Waals surface area contributed by atoms with E-state index in [2.05, 4.69) is 0 Å². The molecule has 0 bridgehead atoms. The van der Waals surface area contributed by atoms with Crippen molar-refractivity contribution in [2.75, 3.05) is 6.79 Å². The molecule has 0 amide bonds. The number of ether oxygens (including phenoxy) is 3. The van der Waals surface area contributed by atoms with Crippen LogP contribution in [0.2, 0.25) is 0 Å². The molecule has 4 nitrogen and oxygen atoms in total. The van der Waals surface area contributed by atoms with Crippen LogP contribution in [0.3, 0.4) is 0 Å². The smallest absolute Gasteiger partial charge is 0.311 e. The van der Waals surface area contributed by atoms with Crippen LogP contribution in [0.4, 0.5) is 0 Å². The van der Waals surface area contributed by atoms with Crippen LogP contribution in [0, 0.1) is 20.8 Å². The predicted octanol–water partition coefficient (Wildman–Crippen LogP) is 3.88. The molecule has 120 valence electrons.